The van der Waals surface area contributed by atoms with E-state index >= 15 is 0 Å². The molecule has 0 heterocycles. The maximum atomic E-state index is 3.58. The van der Waals surface area contributed by atoms with Crippen LogP contribution in [0.25, 0.3) is 6.08 Å². The number of benzene rings is 1. The lowest BCUT2D eigenvalue weighted by atomic mass is 10.0. The number of rotatable bonds is 5. The SMILES string of the molecule is CCC(=Cc1ccccc1C)CNC1CC1. The average molecular weight is 215 g/mol. The lowest BCUT2D eigenvalue weighted by Gasteiger charge is -2.07. The highest BCUT2D eigenvalue weighted by Crippen LogP contribution is 2.20. The quantitative estimate of drug-likeness (QED) is 0.792. The van der Waals surface area contributed by atoms with Crippen molar-refractivity contribution in [2.24, 2.45) is 0 Å². The molecule has 0 aromatic heterocycles. The van der Waals surface area contributed by atoms with Gasteiger partial charge in [-0.1, -0.05) is 42.8 Å². The Morgan fingerprint density at radius 3 is 2.75 bits per heavy atom. The first-order chi connectivity index (χ1) is 7.79. The van der Waals surface area contributed by atoms with E-state index in [-0.39, 0.29) is 0 Å². The van der Waals surface area contributed by atoms with Gasteiger partial charge >= 0.3 is 0 Å². The zero-order chi connectivity index (χ0) is 11.4. The fourth-order valence-electron chi connectivity index (χ4n) is 1.81. The van der Waals surface area contributed by atoms with E-state index < -0.39 is 0 Å². The molecule has 0 radical (unpaired) electrons. The molecule has 0 atom stereocenters. The van der Waals surface area contributed by atoms with Gasteiger partial charge in [-0.2, -0.15) is 0 Å². The lowest BCUT2D eigenvalue weighted by molar-refractivity contribution is 0.723. The van der Waals surface area contributed by atoms with Crippen molar-refractivity contribution in [3.8, 4) is 0 Å². The van der Waals surface area contributed by atoms with Crippen LogP contribution in [0.1, 0.15) is 37.3 Å². The Balaban J connectivity index is 2.03. The van der Waals surface area contributed by atoms with Gasteiger partial charge in [0.15, 0.2) is 0 Å². The first kappa shape index (κ1) is 11.4. The summed E-state index contributed by atoms with van der Waals surface area (Å²) < 4.78 is 0. The second-order valence-electron chi connectivity index (χ2n) is 4.67. The topological polar surface area (TPSA) is 12.0 Å². The van der Waals surface area contributed by atoms with E-state index in [1.54, 1.807) is 0 Å². The van der Waals surface area contributed by atoms with E-state index in [0.717, 1.165) is 19.0 Å². The molecule has 0 spiro atoms. The summed E-state index contributed by atoms with van der Waals surface area (Å²) in [5.41, 5.74) is 4.22. The maximum Gasteiger partial charge on any atom is 0.0170 e. The predicted molar refractivity (Wildman–Crippen MR) is 70.5 cm³/mol. The average Bonchev–Trinajstić information content (AvgIpc) is 3.10. The lowest BCUT2D eigenvalue weighted by Crippen LogP contribution is -2.18. The van der Waals surface area contributed by atoms with Gasteiger partial charge in [0.1, 0.15) is 0 Å². The number of nitrogens with one attached hydrogen (secondary N) is 1. The molecule has 1 aliphatic rings. The zero-order valence-electron chi connectivity index (χ0n) is 10.3. The Morgan fingerprint density at radius 2 is 2.12 bits per heavy atom. The third-order valence-electron chi connectivity index (χ3n) is 3.20. The Hall–Kier alpha value is -1.08. The summed E-state index contributed by atoms with van der Waals surface area (Å²) in [6.07, 6.45) is 6.20. The molecule has 1 saturated carbocycles. The van der Waals surface area contributed by atoms with Gasteiger partial charge in [0.05, 0.1) is 0 Å². The minimum Gasteiger partial charge on any atom is -0.310 e. The normalized spacial score (nSPS) is 16.5. The van der Waals surface area contributed by atoms with Crippen LogP contribution in [0.3, 0.4) is 0 Å². The van der Waals surface area contributed by atoms with E-state index in [0.29, 0.717) is 0 Å². The molecule has 1 N–H and O–H groups in total. The minimum absolute atomic E-state index is 0.798. The highest BCUT2D eigenvalue weighted by Gasteiger charge is 2.19. The van der Waals surface area contributed by atoms with E-state index in [4.69, 9.17) is 0 Å². The summed E-state index contributed by atoms with van der Waals surface area (Å²) in [5.74, 6) is 0. The molecule has 1 aromatic rings. The number of aryl methyl sites for hydroxylation is 1. The molecular formula is C15H21N. The molecule has 1 nitrogen and oxygen atoms in total. The van der Waals surface area contributed by atoms with Crippen molar-refractivity contribution in [1.29, 1.82) is 0 Å². The molecule has 2 rings (SSSR count). The van der Waals surface area contributed by atoms with Crippen molar-refractivity contribution in [3.63, 3.8) is 0 Å². The van der Waals surface area contributed by atoms with E-state index in [1.807, 2.05) is 0 Å². The first-order valence-electron chi connectivity index (χ1n) is 6.28. The summed E-state index contributed by atoms with van der Waals surface area (Å²) in [5, 5.41) is 3.58. The van der Waals surface area contributed by atoms with Crippen molar-refractivity contribution < 1.29 is 0 Å². The molecule has 16 heavy (non-hydrogen) atoms. The Labute approximate surface area is 98.6 Å². The van der Waals surface area contributed by atoms with Gasteiger partial charge in [-0.3, -0.25) is 0 Å². The third kappa shape index (κ3) is 3.21. The van der Waals surface area contributed by atoms with Crippen LogP contribution >= 0.6 is 0 Å². The molecule has 1 heteroatoms. The fraction of sp³-hybridized carbons (Fsp3) is 0.467. The third-order valence-corrected chi connectivity index (χ3v) is 3.20. The van der Waals surface area contributed by atoms with Crippen LogP contribution < -0.4 is 5.32 Å². The predicted octanol–water partition coefficient (Wildman–Crippen LogP) is 3.54. The molecule has 1 fully saturated rings. The first-order valence-corrected chi connectivity index (χ1v) is 6.28. The van der Waals surface area contributed by atoms with Gasteiger partial charge in [-0.15, -0.1) is 0 Å². The molecule has 0 bridgehead atoms. The van der Waals surface area contributed by atoms with Crippen LogP contribution in [-0.4, -0.2) is 12.6 Å². The number of hydrogen-bond donors (Lipinski definition) is 1. The summed E-state index contributed by atoms with van der Waals surface area (Å²) in [4.78, 5) is 0. The van der Waals surface area contributed by atoms with Crippen LogP contribution in [0, 0.1) is 6.92 Å². The highest BCUT2D eigenvalue weighted by atomic mass is 14.9. The van der Waals surface area contributed by atoms with E-state index in [2.05, 4.69) is 49.5 Å². The molecule has 1 aromatic carbocycles. The molecule has 0 unspecified atom stereocenters. The summed E-state index contributed by atoms with van der Waals surface area (Å²) in [6.45, 7) is 5.46. The molecule has 1 aliphatic carbocycles. The molecule has 86 valence electrons. The van der Waals surface area contributed by atoms with Gasteiger partial charge < -0.3 is 5.32 Å². The van der Waals surface area contributed by atoms with Crippen LogP contribution in [0.15, 0.2) is 29.8 Å². The summed E-state index contributed by atoms with van der Waals surface area (Å²) in [7, 11) is 0. The summed E-state index contributed by atoms with van der Waals surface area (Å²) >= 11 is 0. The minimum atomic E-state index is 0.798. The highest BCUT2D eigenvalue weighted by molar-refractivity contribution is 5.56. The smallest absolute Gasteiger partial charge is 0.0170 e. The second-order valence-corrected chi connectivity index (χ2v) is 4.67. The van der Waals surface area contributed by atoms with Crippen LogP contribution in [0.4, 0.5) is 0 Å². The van der Waals surface area contributed by atoms with Crippen molar-refractivity contribution in [3.05, 3.63) is 41.0 Å². The van der Waals surface area contributed by atoms with Gasteiger partial charge in [0.25, 0.3) is 0 Å². The standard InChI is InChI=1S/C15H21N/c1-3-13(11-16-15-8-9-15)10-14-7-5-4-6-12(14)2/h4-7,10,15-16H,3,8-9,11H2,1-2H3. The molecule has 0 amide bonds. The van der Waals surface area contributed by atoms with Crippen LogP contribution in [-0.2, 0) is 0 Å². The fourth-order valence-corrected chi connectivity index (χ4v) is 1.81. The van der Waals surface area contributed by atoms with Crippen LogP contribution in [0.5, 0.6) is 0 Å². The zero-order valence-corrected chi connectivity index (χ0v) is 10.3. The monoisotopic (exact) mass is 215 g/mol. The largest absolute Gasteiger partial charge is 0.310 e. The van der Waals surface area contributed by atoms with Crippen LogP contribution in [0.2, 0.25) is 0 Å². The van der Waals surface area contributed by atoms with Crippen molar-refractivity contribution in [2.45, 2.75) is 39.2 Å². The van der Waals surface area contributed by atoms with Gasteiger partial charge in [-0.25, -0.2) is 0 Å². The van der Waals surface area contributed by atoms with Gasteiger partial charge in [0.2, 0.25) is 0 Å². The molecule has 0 saturated heterocycles. The van der Waals surface area contributed by atoms with Gasteiger partial charge in [0, 0.05) is 12.6 Å². The maximum absolute atomic E-state index is 3.58. The molecule has 0 aliphatic heterocycles. The Morgan fingerprint density at radius 1 is 1.38 bits per heavy atom. The van der Waals surface area contributed by atoms with Crippen molar-refractivity contribution in [1.82, 2.24) is 5.32 Å². The second kappa shape index (κ2) is 5.31. The van der Waals surface area contributed by atoms with E-state index in [1.165, 1.54) is 29.5 Å². The Kier molecular flexibility index (Phi) is 3.79. The molecular weight excluding hydrogens is 194 g/mol. The van der Waals surface area contributed by atoms with Gasteiger partial charge in [-0.05, 0) is 37.3 Å². The summed E-state index contributed by atoms with van der Waals surface area (Å²) in [6, 6.07) is 9.38. The van der Waals surface area contributed by atoms with E-state index in [9.17, 15) is 0 Å². The number of hydrogen-bond acceptors (Lipinski definition) is 1. The van der Waals surface area contributed by atoms with Crippen molar-refractivity contribution in [2.75, 3.05) is 6.54 Å². The Bertz CT molecular complexity index is 375. The van der Waals surface area contributed by atoms with Crippen molar-refractivity contribution >= 4 is 6.08 Å².